The molecule has 2 heterocycles. The number of aryl methyl sites for hydroxylation is 2. The molecule has 0 spiro atoms. The Hall–Kier alpha value is -4.20. The van der Waals surface area contributed by atoms with Gasteiger partial charge in [0.25, 0.3) is 11.5 Å². The molecule has 0 aliphatic heterocycles. The largest absolute Gasteiger partial charge is 0.322 e. The van der Waals surface area contributed by atoms with Crippen molar-refractivity contribution in [2.75, 3.05) is 10.6 Å². The molecule has 8 heteroatoms. The second-order valence-corrected chi connectivity index (χ2v) is 8.18. The maximum atomic E-state index is 13.1. The van der Waals surface area contributed by atoms with E-state index in [0.29, 0.717) is 22.8 Å². The molecule has 4 rings (SSSR count). The molecule has 1 amide bonds. The van der Waals surface area contributed by atoms with Gasteiger partial charge in [-0.15, -0.1) is 0 Å². The third-order valence-electron chi connectivity index (χ3n) is 5.74. The van der Waals surface area contributed by atoms with Gasteiger partial charge in [0.15, 0.2) is 5.82 Å². The zero-order valence-electron chi connectivity index (χ0n) is 19.6. The Morgan fingerprint density at radius 2 is 1.94 bits per heavy atom. The third kappa shape index (κ3) is 4.91. The first-order chi connectivity index (χ1) is 16.5. The smallest absolute Gasteiger partial charge is 0.293 e. The Labute approximate surface area is 198 Å². The molecular formula is C26H28N6O2. The number of rotatable bonds is 8. The normalized spacial score (nSPS) is 10.8. The fraction of sp³-hybridized carbons (Fsp3) is 0.231. The molecule has 3 N–H and O–H groups in total. The van der Waals surface area contributed by atoms with Gasteiger partial charge in [-0.3, -0.25) is 14.7 Å². The van der Waals surface area contributed by atoms with E-state index >= 15 is 0 Å². The van der Waals surface area contributed by atoms with Crippen molar-refractivity contribution in [2.45, 2.75) is 33.1 Å². The van der Waals surface area contributed by atoms with Crippen LogP contribution in [-0.4, -0.2) is 25.7 Å². The van der Waals surface area contributed by atoms with E-state index in [4.69, 9.17) is 0 Å². The van der Waals surface area contributed by atoms with Crippen molar-refractivity contribution in [3.63, 3.8) is 0 Å². The summed E-state index contributed by atoms with van der Waals surface area (Å²) >= 11 is 0. The van der Waals surface area contributed by atoms with E-state index in [-0.39, 0.29) is 17.3 Å². The van der Waals surface area contributed by atoms with Crippen molar-refractivity contribution >= 4 is 23.2 Å². The molecule has 0 fully saturated rings. The topological polar surface area (TPSA) is 105 Å². The zero-order chi connectivity index (χ0) is 24.1. The minimum absolute atomic E-state index is 0.137. The maximum Gasteiger partial charge on any atom is 0.293 e. The van der Waals surface area contributed by atoms with Gasteiger partial charge in [0.05, 0.1) is 11.9 Å². The lowest BCUT2D eigenvalue weighted by Crippen LogP contribution is -2.21. The lowest BCUT2D eigenvalue weighted by atomic mass is 10.0. The summed E-state index contributed by atoms with van der Waals surface area (Å²) in [7, 11) is 1.68. The molecule has 0 radical (unpaired) electrons. The van der Waals surface area contributed by atoms with E-state index in [2.05, 4.69) is 32.7 Å². The number of anilines is 3. The summed E-state index contributed by atoms with van der Waals surface area (Å²) in [5, 5.41) is 12.7. The Morgan fingerprint density at radius 3 is 2.71 bits per heavy atom. The van der Waals surface area contributed by atoms with Crippen LogP contribution in [0.4, 0.5) is 17.3 Å². The SMILES string of the molecule is CCCCc1ccccc1C(=O)Nc1cccc(-c2cn(C)c(=O)c(Nc3ccn[nH]3)n2)c1C. The molecule has 174 valence electrons. The van der Waals surface area contributed by atoms with E-state index in [0.717, 1.165) is 36.0 Å². The molecule has 0 saturated carbocycles. The average Bonchev–Trinajstić information content (AvgIpc) is 3.35. The number of nitrogens with one attached hydrogen (secondary N) is 3. The van der Waals surface area contributed by atoms with Gasteiger partial charge in [-0.2, -0.15) is 5.10 Å². The van der Waals surface area contributed by atoms with Gasteiger partial charge in [0.2, 0.25) is 0 Å². The van der Waals surface area contributed by atoms with Gasteiger partial charge in [-0.1, -0.05) is 43.7 Å². The number of amides is 1. The Balaban J connectivity index is 1.65. The van der Waals surface area contributed by atoms with Crippen LogP contribution in [0.3, 0.4) is 0 Å². The standard InChI is InChI=1S/C26H28N6O2/c1-4-5-9-18-10-6-7-11-20(18)25(33)29-21-13-8-12-19(17(21)2)22-16-32(3)26(34)24(28-22)30-23-14-15-27-31-23/h6-8,10-16H,4-5,9H2,1-3H3,(H,29,33)(H2,27,28,30,31). The number of hydrogen-bond donors (Lipinski definition) is 3. The molecule has 0 aliphatic rings. The average molecular weight is 457 g/mol. The van der Waals surface area contributed by atoms with E-state index in [1.165, 1.54) is 4.57 Å². The lowest BCUT2D eigenvalue weighted by molar-refractivity contribution is 0.102. The van der Waals surface area contributed by atoms with E-state index in [9.17, 15) is 9.59 Å². The quantitative estimate of drug-likeness (QED) is 0.353. The summed E-state index contributed by atoms with van der Waals surface area (Å²) < 4.78 is 1.48. The summed E-state index contributed by atoms with van der Waals surface area (Å²) in [5.74, 6) is 0.617. The first kappa shape index (κ1) is 23.0. The fourth-order valence-corrected chi connectivity index (χ4v) is 3.84. The number of aromatic amines is 1. The van der Waals surface area contributed by atoms with Crippen LogP contribution in [0.2, 0.25) is 0 Å². The summed E-state index contributed by atoms with van der Waals surface area (Å²) in [5.41, 5.74) is 4.47. The molecule has 0 saturated heterocycles. The van der Waals surface area contributed by atoms with Crippen molar-refractivity contribution in [1.29, 1.82) is 0 Å². The van der Waals surface area contributed by atoms with E-state index in [1.54, 1.807) is 25.5 Å². The Kier molecular flexibility index (Phi) is 6.87. The number of benzene rings is 2. The van der Waals surface area contributed by atoms with Crippen molar-refractivity contribution < 1.29 is 4.79 Å². The minimum atomic E-state index is -0.260. The van der Waals surface area contributed by atoms with Crippen LogP contribution in [0.1, 0.15) is 41.3 Å². The van der Waals surface area contributed by atoms with E-state index in [1.807, 2.05) is 49.4 Å². The van der Waals surface area contributed by atoms with Crippen LogP contribution in [-0.2, 0) is 13.5 Å². The highest BCUT2D eigenvalue weighted by molar-refractivity contribution is 6.06. The predicted molar refractivity (Wildman–Crippen MR) is 135 cm³/mol. The summed E-state index contributed by atoms with van der Waals surface area (Å²) in [6.07, 6.45) is 6.25. The van der Waals surface area contributed by atoms with Crippen molar-refractivity contribution in [1.82, 2.24) is 19.7 Å². The van der Waals surface area contributed by atoms with Crippen LogP contribution >= 0.6 is 0 Å². The number of carbonyl (C=O) groups is 1. The zero-order valence-corrected chi connectivity index (χ0v) is 19.6. The van der Waals surface area contributed by atoms with Gasteiger partial charge < -0.3 is 15.2 Å². The second-order valence-electron chi connectivity index (χ2n) is 8.18. The summed E-state index contributed by atoms with van der Waals surface area (Å²) in [6, 6.07) is 15.1. The third-order valence-corrected chi connectivity index (χ3v) is 5.74. The van der Waals surface area contributed by atoms with Crippen molar-refractivity contribution in [3.05, 3.63) is 88.0 Å². The lowest BCUT2D eigenvalue weighted by Gasteiger charge is -2.15. The molecule has 4 aromatic rings. The number of nitrogens with zero attached hydrogens (tertiary/aromatic N) is 3. The van der Waals surface area contributed by atoms with Gasteiger partial charge in [-0.25, -0.2) is 4.98 Å². The molecular weight excluding hydrogens is 428 g/mol. The van der Waals surface area contributed by atoms with Gasteiger partial charge in [0, 0.05) is 36.1 Å². The predicted octanol–water partition coefficient (Wildman–Crippen LogP) is 4.82. The Bertz CT molecular complexity index is 1360. The summed E-state index contributed by atoms with van der Waals surface area (Å²) in [6.45, 7) is 4.07. The highest BCUT2D eigenvalue weighted by Crippen LogP contribution is 2.28. The molecule has 34 heavy (non-hydrogen) atoms. The Morgan fingerprint density at radius 1 is 1.12 bits per heavy atom. The molecule has 2 aromatic heterocycles. The van der Waals surface area contributed by atoms with Crippen LogP contribution in [0, 0.1) is 6.92 Å². The first-order valence-corrected chi connectivity index (χ1v) is 11.3. The van der Waals surface area contributed by atoms with Crippen LogP contribution in [0.25, 0.3) is 11.3 Å². The minimum Gasteiger partial charge on any atom is -0.322 e. The number of aromatic nitrogens is 4. The van der Waals surface area contributed by atoms with Crippen LogP contribution in [0.15, 0.2) is 65.7 Å². The monoisotopic (exact) mass is 456 g/mol. The molecule has 0 bridgehead atoms. The van der Waals surface area contributed by atoms with Gasteiger partial charge >= 0.3 is 0 Å². The molecule has 0 aliphatic carbocycles. The second kappa shape index (κ2) is 10.2. The molecule has 0 atom stereocenters. The van der Waals surface area contributed by atoms with Gasteiger partial charge in [-0.05, 0) is 43.0 Å². The number of carbonyl (C=O) groups excluding carboxylic acids is 1. The highest BCUT2D eigenvalue weighted by atomic mass is 16.1. The van der Waals surface area contributed by atoms with Crippen LogP contribution < -0.4 is 16.2 Å². The number of hydrogen-bond acceptors (Lipinski definition) is 5. The molecule has 0 unspecified atom stereocenters. The number of H-pyrrole nitrogens is 1. The molecule has 2 aromatic carbocycles. The summed E-state index contributed by atoms with van der Waals surface area (Å²) in [4.78, 5) is 30.3. The first-order valence-electron chi connectivity index (χ1n) is 11.3. The van der Waals surface area contributed by atoms with Gasteiger partial charge in [0.1, 0.15) is 5.82 Å². The van der Waals surface area contributed by atoms with Crippen molar-refractivity contribution in [3.8, 4) is 11.3 Å². The van der Waals surface area contributed by atoms with Crippen molar-refractivity contribution in [2.24, 2.45) is 7.05 Å². The van der Waals surface area contributed by atoms with E-state index < -0.39 is 0 Å². The molecule has 8 nitrogen and oxygen atoms in total. The van der Waals surface area contributed by atoms with Crippen LogP contribution in [0.5, 0.6) is 0 Å². The fourth-order valence-electron chi connectivity index (χ4n) is 3.84. The highest BCUT2D eigenvalue weighted by Gasteiger charge is 2.16. The maximum absolute atomic E-state index is 13.1. The number of unbranched alkanes of at least 4 members (excludes halogenated alkanes) is 1.